The Balaban J connectivity index is 3.02. The number of carbonyl (C=O) groups excluding carboxylic acids is 1. The molecule has 1 nitrogen and oxygen atoms in total. The molecule has 0 spiro atoms. The fourth-order valence-corrected chi connectivity index (χ4v) is 1.51. The summed E-state index contributed by atoms with van der Waals surface area (Å²) in [5, 5.41) is 0. The van der Waals surface area contributed by atoms with E-state index in [-0.39, 0.29) is 0 Å². The summed E-state index contributed by atoms with van der Waals surface area (Å²) in [6, 6.07) is 3.88. The summed E-state index contributed by atoms with van der Waals surface area (Å²) in [7, 11) is 5.70. The van der Waals surface area contributed by atoms with Gasteiger partial charge >= 0.3 is 0 Å². The first-order valence-corrected chi connectivity index (χ1v) is 4.62. The van der Waals surface area contributed by atoms with Crippen LogP contribution in [0.5, 0.6) is 0 Å². The molecule has 2 heteroatoms. The minimum atomic E-state index is 0.462. The van der Waals surface area contributed by atoms with Crippen LogP contribution in [0.15, 0.2) is 18.2 Å². The van der Waals surface area contributed by atoms with Crippen LogP contribution in [-0.4, -0.2) is 14.1 Å². The average Bonchev–Trinajstić information content (AvgIpc) is 2.09. The lowest BCUT2D eigenvalue weighted by atomic mass is 9.89. The second kappa shape index (κ2) is 4.80. The summed E-state index contributed by atoms with van der Waals surface area (Å²) < 4.78 is 0. The molecular formula is C12H13BO. The van der Waals surface area contributed by atoms with E-state index in [4.69, 9.17) is 7.85 Å². The van der Waals surface area contributed by atoms with Crippen molar-refractivity contribution in [3.05, 3.63) is 34.9 Å². The first-order valence-electron chi connectivity index (χ1n) is 4.62. The highest BCUT2D eigenvalue weighted by atomic mass is 16.1. The van der Waals surface area contributed by atoms with Crippen molar-refractivity contribution < 1.29 is 4.79 Å². The zero-order chi connectivity index (χ0) is 10.6. The zero-order valence-electron chi connectivity index (χ0n) is 8.58. The van der Waals surface area contributed by atoms with Crippen molar-refractivity contribution in [2.75, 3.05) is 0 Å². The third-order valence-electron chi connectivity index (χ3n) is 2.13. The van der Waals surface area contributed by atoms with E-state index in [1.807, 2.05) is 38.1 Å². The number of carbonyl (C=O) groups is 1. The third-order valence-corrected chi connectivity index (χ3v) is 2.13. The van der Waals surface area contributed by atoms with Crippen molar-refractivity contribution in [1.82, 2.24) is 0 Å². The monoisotopic (exact) mass is 184 g/mol. The second-order valence-electron chi connectivity index (χ2n) is 3.37. The van der Waals surface area contributed by atoms with Crippen molar-refractivity contribution in [2.24, 2.45) is 0 Å². The number of benzene rings is 1. The van der Waals surface area contributed by atoms with Gasteiger partial charge in [0.25, 0.3) is 0 Å². The van der Waals surface area contributed by atoms with Crippen molar-refractivity contribution in [1.29, 1.82) is 0 Å². The Kier molecular flexibility index (Phi) is 3.69. The Morgan fingerprint density at radius 3 is 2.36 bits per heavy atom. The standard InChI is InChI=1S/C12H13BO/c1-9-7-11(13)8-10(2)12(9)5-3-4-6-14/h3,5-8H,4H2,1-2H3/b5-3+. The Bertz CT molecular complexity index is 344. The summed E-state index contributed by atoms with van der Waals surface area (Å²) in [5.74, 6) is 0. The molecule has 0 N–H and O–H groups in total. The normalized spacial score (nSPS) is 10.7. The zero-order valence-corrected chi connectivity index (χ0v) is 8.58. The molecule has 1 aromatic carbocycles. The molecule has 0 atom stereocenters. The first kappa shape index (κ1) is 10.8. The number of hydrogen-bond donors (Lipinski definition) is 0. The van der Waals surface area contributed by atoms with Crippen molar-refractivity contribution in [3.63, 3.8) is 0 Å². The van der Waals surface area contributed by atoms with Crippen molar-refractivity contribution in [3.8, 4) is 0 Å². The van der Waals surface area contributed by atoms with Crippen LogP contribution >= 0.6 is 0 Å². The molecule has 0 heterocycles. The maximum Gasteiger partial charge on any atom is 0.123 e. The van der Waals surface area contributed by atoms with Crippen LogP contribution in [0.1, 0.15) is 23.1 Å². The van der Waals surface area contributed by atoms with Gasteiger partial charge in [0.05, 0.1) is 0 Å². The predicted molar refractivity (Wildman–Crippen MR) is 61.0 cm³/mol. The van der Waals surface area contributed by atoms with Crippen LogP contribution < -0.4 is 5.46 Å². The van der Waals surface area contributed by atoms with Gasteiger partial charge in [-0.1, -0.05) is 29.7 Å². The molecule has 0 saturated heterocycles. The molecule has 1 rings (SSSR count). The highest BCUT2D eigenvalue weighted by molar-refractivity contribution is 6.32. The smallest absolute Gasteiger partial charge is 0.123 e. The summed E-state index contributed by atoms with van der Waals surface area (Å²) >= 11 is 0. The lowest BCUT2D eigenvalue weighted by Gasteiger charge is -2.06. The lowest BCUT2D eigenvalue weighted by Crippen LogP contribution is -2.05. The topological polar surface area (TPSA) is 17.1 Å². The van der Waals surface area contributed by atoms with Crippen LogP contribution in [0.25, 0.3) is 6.08 Å². The highest BCUT2D eigenvalue weighted by Gasteiger charge is 1.98. The van der Waals surface area contributed by atoms with E-state index in [0.717, 1.165) is 28.4 Å². The Morgan fingerprint density at radius 1 is 1.29 bits per heavy atom. The van der Waals surface area contributed by atoms with Gasteiger partial charge in [-0.05, 0) is 30.5 Å². The summed E-state index contributed by atoms with van der Waals surface area (Å²) in [4.78, 5) is 10.1. The molecule has 0 bridgehead atoms. The van der Waals surface area contributed by atoms with Crippen molar-refractivity contribution in [2.45, 2.75) is 20.3 Å². The molecule has 0 aliphatic rings. The highest BCUT2D eigenvalue weighted by Crippen LogP contribution is 2.13. The fraction of sp³-hybridized carbons (Fsp3) is 0.250. The molecule has 0 fully saturated rings. The molecule has 0 aromatic heterocycles. The summed E-state index contributed by atoms with van der Waals surface area (Å²) in [5.41, 5.74) is 4.22. The molecule has 70 valence electrons. The van der Waals surface area contributed by atoms with E-state index < -0.39 is 0 Å². The maximum absolute atomic E-state index is 10.1. The van der Waals surface area contributed by atoms with Crippen LogP contribution in [0.3, 0.4) is 0 Å². The van der Waals surface area contributed by atoms with Crippen LogP contribution in [-0.2, 0) is 4.79 Å². The number of aldehydes is 1. The quantitative estimate of drug-likeness (QED) is 0.516. The van der Waals surface area contributed by atoms with Gasteiger partial charge in [-0.2, -0.15) is 0 Å². The number of aryl methyl sites for hydroxylation is 2. The molecule has 0 aliphatic heterocycles. The van der Waals surface area contributed by atoms with Crippen molar-refractivity contribution >= 4 is 25.7 Å². The first-order chi connectivity index (χ1) is 6.65. The minimum Gasteiger partial charge on any atom is -0.303 e. The van der Waals surface area contributed by atoms with Gasteiger partial charge in [-0.3, -0.25) is 0 Å². The minimum absolute atomic E-state index is 0.462. The molecule has 2 radical (unpaired) electrons. The van der Waals surface area contributed by atoms with Crippen LogP contribution in [0, 0.1) is 13.8 Å². The maximum atomic E-state index is 10.1. The Labute approximate surface area is 86.2 Å². The van der Waals surface area contributed by atoms with E-state index in [2.05, 4.69) is 0 Å². The SMILES string of the molecule is [B]c1cc(C)c(/C=C/CC=O)c(C)c1. The molecule has 0 aliphatic carbocycles. The third kappa shape index (κ3) is 2.59. The molecular weight excluding hydrogens is 171 g/mol. The predicted octanol–water partition coefficient (Wildman–Crippen LogP) is 1.70. The van der Waals surface area contributed by atoms with E-state index in [1.54, 1.807) is 0 Å². The van der Waals surface area contributed by atoms with Gasteiger partial charge in [0.2, 0.25) is 0 Å². The molecule has 14 heavy (non-hydrogen) atoms. The average molecular weight is 184 g/mol. The van der Waals surface area contributed by atoms with E-state index in [0.29, 0.717) is 6.42 Å². The molecule has 0 saturated carbocycles. The fourth-order valence-electron chi connectivity index (χ4n) is 1.51. The molecule has 0 amide bonds. The van der Waals surface area contributed by atoms with Crippen LogP contribution in [0.2, 0.25) is 0 Å². The molecule has 1 aromatic rings. The van der Waals surface area contributed by atoms with Gasteiger partial charge < -0.3 is 4.79 Å². The van der Waals surface area contributed by atoms with Gasteiger partial charge in [0.15, 0.2) is 0 Å². The van der Waals surface area contributed by atoms with Gasteiger partial charge in [0.1, 0.15) is 14.1 Å². The largest absolute Gasteiger partial charge is 0.303 e. The Morgan fingerprint density at radius 2 is 1.86 bits per heavy atom. The second-order valence-corrected chi connectivity index (χ2v) is 3.37. The van der Waals surface area contributed by atoms with Gasteiger partial charge in [-0.15, -0.1) is 0 Å². The molecule has 0 unspecified atom stereocenters. The summed E-state index contributed by atoms with van der Waals surface area (Å²) in [6.45, 7) is 4.04. The van der Waals surface area contributed by atoms with E-state index in [9.17, 15) is 4.79 Å². The summed E-state index contributed by atoms with van der Waals surface area (Å²) in [6.07, 6.45) is 5.18. The van der Waals surface area contributed by atoms with Gasteiger partial charge in [0, 0.05) is 6.42 Å². The van der Waals surface area contributed by atoms with E-state index in [1.165, 1.54) is 0 Å². The Hall–Kier alpha value is -1.31. The number of allylic oxidation sites excluding steroid dienone is 1. The lowest BCUT2D eigenvalue weighted by molar-refractivity contribution is -0.107. The number of rotatable bonds is 3. The van der Waals surface area contributed by atoms with Crippen LogP contribution in [0.4, 0.5) is 0 Å². The van der Waals surface area contributed by atoms with Gasteiger partial charge in [-0.25, -0.2) is 0 Å². The van der Waals surface area contributed by atoms with E-state index >= 15 is 0 Å². The number of hydrogen-bond acceptors (Lipinski definition) is 1.